The van der Waals surface area contributed by atoms with Crippen LogP contribution in [0.2, 0.25) is 0 Å². The normalized spacial score (nSPS) is 17.2. The van der Waals surface area contributed by atoms with Crippen molar-refractivity contribution in [3.63, 3.8) is 0 Å². The first kappa shape index (κ1) is 24.6. The van der Waals surface area contributed by atoms with E-state index in [-0.39, 0.29) is 39.5 Å². The number of carbonyl (C=O) groups excluding carboxylic acids is 2. The predicted octanol–water partition coefficient (Wildman–Crippen LogP) is 4.30. The van der Waals surface area contributed by atoms with Crippen molar-refractivity contribution in [1.82, 2.24) is 20.4 Å². The summed E-state index contributed by atoms with van der Waals surface area (Å²) >= 11 is 1.70. The molecule has 3 heterocycles. The molecule has 37 heavy (non-hydrogen) atoms. The van der Waals surface area contributed by atoms with Gasteiger partial charge in [0.05, 0.1) is 17.3 Å². The number of esters is 2. The first-order valence-electron chi connectivity index (χ1n) is 10.9. The van der Waals surface area contributed by atoms with Crippen molar-refractivity contribution in [3.05, 3.63) is 71.3 Å². The molecule has 1 N–H and O–H groups in total. The first-order valence-corrected chi connectivity index (χ1v) is 12.7. The average Bonchev–Trinajstić information content (AvgIpc) is 3.65. The zero-order chi connectivity index (χ0) is 25.8. The number of rotatable bonds is 9. The molecule has 11 nitrogen and oxygen atoms in total. The molecule has 0 saturated heterocycles. The maximum absolute atomic E-state index is 13.1. The van der Waals surface area contributed by atoms with E-state index in [0.29, 0.717) is 11.1 Å². The summed E-state index contributed by atoms with van der Waals surface area (Å²) in [6.07, 6.45) is 0. The van der Waals surface area contributed by atoms with Gasteiger partial charge in [0.1, 0.15) is 0 Å². The van der Waals surface area contributed by atoms with Gasteiger partial charge in [-0.15, -0.1) is 20.4 Å². The Morgan fingerprint density at radius 2 is 1.49 bits per heavy atom. The van der Waals surface area contributed by atoms with Crippen LogP contribution in [0.5, 0.6) is 0 Å². The fraction of sp³-hybridized carbons (Fsp3) is 0.167. The molecule has 0 spiro atoms. The molecule has 0 amide bonds. The summed E-state index contributed by atoms with van der Waals surface area (Å²) in [5, 5.41) is 26.7. The van der Waals surface area contributed by atoms with Crippen LogP contribution in [0.3, 0.4) is 0 Å². The average molecular weight is 539 g/mol. The number of carbonyl (C=O) groups is 2. The van der Waals surface area contributed by atoms with Gasteiger partial charge in [0, 0.05) is 11.1 Å². The van der Waals surface area contributed by atoms with Crippen molar-refractivity contribution in [3.8, 4) is 22.9 Å². The van der Waals surface area contributed by atoms with Gasteiger partial charge in [0.15, 0.2) is 0 Å². The molecule has 0 aliphatic carbocycles. The van der Waals surface area contributed by atoms with E-state index in [0.717, 1.165) is 23.5 Å². The molecule has 1 unspecified atom stereocenters. The number of aliphatic hydroxyl groups excluding tert-OH is 1. The van der Waals surface area contributed by atoms with Gasteiger partial charge in [-0.3, -0.25) is 0 Å². The monoisotopic (exact) mass is 538 g/mol. The van der Waals surface area contributed by atoms with Crippen molar-refractivity contribution in [2.45, 2.75) is 23.0 Å². The Morgan fingerprint density at radius 3 is 2.08 bits per heavy atom. The van der Waals surface area contributed by atoms with Crippen molar-refractivity contribution < 1.29 is 33.0 Å². The zero-order valence-electron chi connectivity index (χ0n) is 19.2. The number of cyclic esters (lactones) is 1. The maximum Gasteiger partial charge on any atom is 0.375 e. The van der Waals surface area contributed by atoms with E-state index in [4.69, 9.17) is 18.3 Å². The van der Waals surface area contributed by atoms with E-state index < -0.39 is 23.3 Å². The Hall–Kier alpha value is -4.10. The first-order chi connectivity index (χ1) is 18.0. The molecule has 0 saturated carbocycles. The van der Waals surface area contributed by atoms with Gasteiger partial charge in [-0.05, 0) is 43.0 Å². The number of aliphatic hydroxyl groups is 1. The Bertz CT molecular complexity index is 1460. The lowest BCUT2D eigenvalue weighted by Crippen LogP contribution is -2.44. The van der Waals surface area contributed by atoms with E-state index in [1.54, 1.807) is 19.1 Å². The molecule has 188 valence electrons. The minimum atomic E-state index is -2.00. The number of nitrogens with zero attached hydrogens (tertiary/aromatic N) is 4. The maximum atomic E-state index is 13.1. The molecule has 2 aromatic carbocycles. The number of ether oxygens (including phenoxy) is 2. The van der Waals surface area contributed by atoms with Crippen LogP contribution in [0.15, 0.2) is 90.6 Å². The van der Waals surface area contributed by atoms with Crippen LogP contribution >= 0.6 is 23.5 Å². The molecule has 0 fully saturated rings. The molecule has 4 aromatic rings. The smallest absolute Gasteiger partial charge is 0.375 e. The highest BCUT2D eigenvalue weighted by Gasteiger charge is 2.57. The van der Waals surface area contributed by atoms with E-state index in [1.807, 2.05) is 48.5 Å². The molecular formula is C24H18N4O7S2. The van der Waals surface area contributed by atoms with Crippen molar-refractivity contribution in [2.75, 3.05) is 12.4 Å². The molecular weight excluding hydrogens is 520 g/mol. The molecule has 0 radical (unpaired) electrons. The summed E-state index contributed by atoms with van der Waals surface area (Å²) < 4.78 is 22.0. The standard InChI is InChI=1S/C24H18N4O7S2/c1-2-32-21(31)24(13-36-22-27-25-18(33-22)14-9-5-3-6-10-14)17(16(29)20(30)35-24)37-23-28-26-19(34-23)15-11-7-4-8-12-15/h3-12,29H,2,13H2,1H3. The van der Waals surface area contributed by atoms with Crippen molar-refractivity contribution >= 4 is 35.5 Å². The van der Waals surface area contributed by atoms with E-state index in [1.165, 1.54) is 0 Å². The largest absolute Gasteiger partial charge is 0.501 e. The Labute approximate surface area is 218 Å². The van der Waals surface area contributed by atoms with Gasteiger partial charge in [-0.2, -0.15) is 0 Å². The highest BCUT2D eigenvalue weighted by molar-refractivity contribution is 8.03. The van der Waals surface area contributed by atoms with Gasteiger partial charge < -0.3 is 23.4 Å². The third kappa shape index (κ3) is 4.95. The van der Waals surface area contributed by atoms with E-state index in [2.05, 4.69) is 20.4 Å². The number of hydrogen-bond donors (Lipinski definition) is 1. The van der Waals surface area contributed by atoms with Crippen LogP contribution in [0.4, 0.5) is 0 Å². The second-order valence-electron chi connectivity index (χ2n) is 7.48. The predicted molar refractivity (Wildman–Crippen MR) is 131 cm³/mol. The number of aromatic nitrogens is 4. The lowest BCUT2D eigenvalue weighted by Gasteiger charge is -2.26. The Balaban J connectivity index is 1.42. The topological polar surface area (TPSA) is 151 Å². The van der Waals surface area contributed by atoms with Crippen LogP contribution in [0.25, 0.3) is 22.9 Å². The van der Waals surface area contributed by atoms with E-state index in [9.17, 15) is 14.7 Å². The molecule has 0 bridgehead atoms. The van der Waals surface area contributed by atoms with Crippen LogP contribution in [-0.4, -0.2) is 55.4 Å². The summed E-state index contributed by atoms with van der Waals surface area (Å²) in [6.45, 7) is 1.62. The van der Waals surface area contributed by atoms with Crippen LogP contribution in [-0.2, 0) is 19.1 Å². The van der Waals surface area contributed by atoms with Crippen LogP contribution in [0.1, 0.15) is 6.92 Å². The summed E-state index contributed by atoms with van der Waals surface area (Å²) in [5.41, 5.74) is -0.611. The van der Waals surface area contributed by atoms with Gasteiger partial charge in [0.25, 0.3) is 16.0 Å². The molecule has 1 aliphatic rings. The van der Waals surface area contributed by atoms with Crippen molar-refractivity contribution in [1.29, 1.82) is 0 Å². The van der Waals surface area contributed by atoms with Gasteiger partial charge in [-0.1, -0.05) is 48.2 Å². The van der Waals surface area contributed by atoms with Gasteiger partial charge in [-0.25, -0.2) is 9.59 Å². The lowest BCUT2D eigenvalue weighted by molar-refractivity contribution is -0.169. The van der Waals surface area contributed by atoms with E-state index >= 15 is 0 Å². The minimum Gasteiger partial charge on any atom is -0.501 e. The highest BCUT2D eigenvalue weighted by atomic mass is 32.2. The summed E-state index contributed by atoms with van der Waals surface area (Å²) in [7, 11) is 0. The zero-order valence-corrected chi connectivity index (χ0v) is 20.8. The summed E-state index contributed by atoms with van der Waals surface area (Å²) in [4.78, 5) is 25.4. The number of hydrogen-bond acceptors (Lipinski definition) is 13. The molecule has 5 rings (SSSR count). The molecule has 13 heteroatoms. The molecule has 1 atom stereocenters. The molecule has 2 aromatic heterocycles. The summed E-state index contributed by atoms with van der Waals surface area (Å²) in [6, 6.07) is 18.2. The Kier molecular flexibility index (Phi) is 6.97. The highest BCUT2D eigenvalue weighted by Crippen LogP contribution is 2.46. The second-order valence-corrected chi connectivity index (χ2v) is 9.37. The van der Waals surface area contributed by atoms with Crippen LogP contribution < -0.4 is 0 Å². The lowest BCUT2D eigenvalue weighted by atomic mass is 10.1. The third-order valence-electron chi connectivity index (χ3n) is 5.09. The number of thioether (sulfide) groups is 2. The molecule has 1 aliphatic heterocycles. The third-order valence-corrected chi connectivity index (χ3v) is 7.12. The SMILES string of the molecule is CCOC(=O)C1(CSc2nnc(-c3ccccc3)o2)OC(=O)C(O)=C1Sc1nnc(-c2ccccc2)o1. The number of benzene rings is 2. The van der Waals surface area contributed by atoms with Crippen LogP contribution in [0, 0.1) is 0 Å². The van der Waals surface area contributed by atoms with Gasteiger partial charge >= 0.3 is 11.9 Å². The second kappa shape index (κ2) is 10.5. The Morgan fingerprint density at radius 1 is 0.919 bits per heavy atom. The fourth-order valence-corrected chi connectivity index (χ4v) is 5.26. The summed E-state index contributed by atoms with van der Waals surface area (Å²) in [5.74, 6) is -2.44. The minimum absolute atomic E-state index is 0.0125. The fourth-order valence-electron chi connectivity index (χ4n) is 3.37. The quantitative estimate of drug-likeness (QED) is 0.238. The van der Waals surface area contributed by atoms with Gasteiger partial charge in [0.2, 0.25) is 17.5 Å². The van der Waals surface area contributed by atoms with Crippen molar-refractivity contribution in [2.24, 2.45) is 0 Å².